The second-order valence-corrected chi connectivity index (χ2v) is 5.08. The van der Waals surface area contributed by atoms with E-state index in [9.17, 15) is 0 Å². The molecule has 0 spiro atoms. The van der Waals surface area contributed by atoms with E-state index >= 15 is 0 Å². The minimum absolute atomic E-state index is 0.740. The molecule has 0 fully saturated rings. The number of aromatic nitrogens is 1. The van der Waals surface area contributed by atoms with Crippen molar-refractivity contribution in [3.8, 4) is 5.75 Å². The van der Waals surface area contributed by atoms with Gasteiger partial charge in [-0.05, 0) is 52.5 Å². The van der Waals surface area contributed by atoms with Crippen molar-refractivity contribution in [2.24, 2.45) is 0 Å². The third-order valence-corrected chi connectivity index (χ3v) is 2.80. The number of rotatable bonds is 9. The maximum absolute atomic E-state index is 5.84. The fourth-order valence-corrected chi connectivity index (χ4v) is 1.80. The van der Waals surface area contributed by atoms with Crippen LogP contribution in [-0.4, -0.2) is 43.7 Å². The quantitative estimate of drug-likeness (QED) is 0.695. The molecule has 0 saturated heterocycles. The molecule has 0 radical (unpaired) electrons. The Hall–Kier alpha value is -1.13. The van der Waals surface area contributed by atoms with Gasteiger partial charge in [0.25, 0.3) is 0 Å². The molecule has 0 unspecified atom stereocenters. The zero-order valence-electron chi connectivity index (χ0n) is 12.7. The average Bonchev–Trinajstić information content (AvgIpc) is 2.36. The SMILES string of the molecule is CCCNCc1nc(C)ccc1OCCCN(C)C. The summed E-state index contributed by atoms with van der Waals surface area (Å²) in [6.07, 6.45) is 2.16. The molecular formula is C15H27N3O. The molecule has 0 aliphatic heterocycles. The highest BCUT2D eigenvalue weighted by Crippen LogP contribution is 2.17. The summed E-state index contributed by atoms with van der Waals surface area (Å²) in [4.78, 5) is 6.73. The van der Waals surface area contributed by atoms with Crippen LogP contribution < -0.4 is 10.1 Å². The minimum atomic E-state index is 0.740. The van der Waals surface area contributed by atoms with E-state index in [4.69, 9.17) is 4.74 Å². The zero-order chi connectivity index (χ0) is 14.1. The number of nitrogens with zero attached hydrogens (tertiary/aromatic N) is 2. The number of pyridine rings is 1. The van der Waals surface area contributed by atoms with Crippen LogP contribution in [0.1, 0.15) is 31.2 Å². The maximum atomic E-state index is 5.84. The van der Waals surface area contributed by atoms with Crippen LogP contribution in [0.25, 0.3) is 0 Å². The maximum Gasteiger partial charge on any atom is 0.142 e. The second kappa shape index (κ2) is 8.88. The number of ether oxygens (including phenoxy) is 1. The normalized spacial score (nSPS) is 11.0. The average molecular weight is 265 g/mol. The van der Waals surface area contributed by atoms with Crippen LogP contribution in [0.5, 0.6) is 5.75 Å². The summed E-state index contributed by atoms with van der Waals surface area (Å²) in [6.45, 7) is 7.75. The Morgan fingerprint density at radius 2 is 2.11 bits per heavy atom. The van der Waals surface area contributed by atoms with Gasteiger partial charge in [0.05, 0.1) is 12.3 Å². The van der Waals surface area contributed by atoms with Gasteiger partial charge in [0.1, 0.15) is 5.75 Å². The summed E-state index contributed by atoms with van der Waals surface area (Å²) in [5.41, 5.74) is 2.05. The Kier molecular flexibility index (Phi) is 7.45. The van der Waals surface area contributed by atoms with Gasteiger partial charge in [0.2, 0.25) is 0 Å². The highest BCUT2D eigenvalue weighted by Gasteiger charge is 2.05. The van der Waals surface area contributed by atoms with Gasteiger partial charge in [-0.1, -0.05) is 6.92 Å². The molecule has 1 aromatic heterocycles. The van der Waals surface area contributed by atoms with Crippen molar-refractivity contribution in [1.82, 2.24) is 15.2 Å². The molecule has 0 atom stereocenters. The van der Waals surface area contributed by atoms with Crippen molar-refractivity contribution in [1.29, 1.82) is 0 Å². The van der Waals surface area contributed by atoms with E-state index in [-0.39, 0.29) is 0 Å². The highest BCUT2D eigenvalue weighted by molar-refractivity contribution is 5.29. The predicted octanol–water partition coefficient (Wildman–Crippen LogP) is 2.22. The Labute approximate surface area is 117 Å². The first-order chi connectivity index (χ1) is 9.13. The lowest BCUT2D eigenvalue weighted by Crippen LogP contribution is -2.18. The van der Waals surface area contributed by atoms with Crippen LogP contribution in [-0.2, 0) is 6.54 Å². The van der Waals surface area contributed by atoms with Gasteiger partial charge in [-0.15, -0.1) is 0 Å². The third kappa shape index (κ3) is 6.55. The number of hydrogen-bond acceptors (Lipinski definition) is 4. The van der Waals surface area contributed by atoms with E-state index in [1.165, 1.54) is 0 Å². The summed E-state index contributed by atoms with van der Waals surface area (Å²) >= 11 is 0. The Bertz CT molecular complexity index is 366. The van der Waals surface area contributed by atoms with Crippen molar-refractivity contribution in [2.45, 2.75) is 33.2 Å². The molecule has 19 heavy (non-hydrogen) atoms. The second-order valence-electron chi connectivity index (χ2n) is 5.08. The van der Waals surface area contributed by atoms with E-state index in [0.717, 1.165) is 56.2 Å². The molecule has 108 valence electrons. The monoisotopic (exact) mass is 265 g/mol. The van der Waals surface area contributed by atoms with Crippen molar-refractivity contribution in [2.75, 3.05) is 33.8 Å². The van der Waals surface area contributed by atoms with E-state index in [2.05, 4.69) is 36.2 Å². The molecule has 1 rings (SSSR count). The van der Waals surface area contributed by atoms with Crippen molar-refractivity contribution in [3.05, 3.63) is 23.5 Å². The molecule has 0 aromatic carbocycles. The van der Waals surface area contributed by atoms with Gasteiger partial charge in [-0.2, -0.15) is 0 Å². The fourth-order valence-electron chi connectivity index (χ4n) is 1.80. The molecule has 4 heteroatoms. The van der Waals surface area contributed by atoms with E-state index in [1.807, 2.05) is 19.1 Å². The van der Waals surface area contributed by atoms with Gasteiger partial charge in [-0.3, -0.25) is 4.98 Å². The standard InChI is InChI=1S/C15H27N3O/c1-5-9-16-12-14-15(8-7-13(2)17-14)19-11-6-10-18(3)4/h7-8,16H,5-6,9-12H2,1-4H3. The van der Waals surface area contributed by atoms with Gasteiger partial charge < -0.3 is 15.0 Å². The molecule has 0 aliphatic carbocycles. The van der Waals surface area contributed by atoms with Crippen LogP contribution in [0.2, 0.25) is 0 Å². The fraction of sp³-hybridized carbons (Fsp3) is 0.667. The van der Waals surface area contributed by atoms with Gasteiger partial charge >= 0.3 is 0 Å². The molecule has 0 saturated carbocycles. The smallest absolute Gasteiger partial charge is 0.142 e. The largest absolute Gasteiger partial charge is 0.492 e. The highest BCUT2D eigenvalue weighted by atomic mass is 16.5. The van der Waals surface area contributed by atoms with Crippen LogP contribution in [0.3, 0.4) is 0 Å². The van der Waals surface area contributed by atoms with E-state index < -0.39 is 0 Å². The molecular weight excluding hydrogens is 238 g/mol. The topological polar surface area (TPSA) is 37.4 Å². The van der Waals surface area contributed by atoms with Gasteiger partial charge in [-0.25, -0.2) is 0 Å². The predicted molar refractivity (Wildman–Crippen MR) is 79.6 cm³/mol. The third-order valence-electron chi connectivity index (χ3n) is 2.80. The molecule has 0 amide bonds. The number of nitrogens with one attached hydrogen (secondary N) is 1. The lowest BCUT2D eigenvalue weighted by Gasteiger charge is -2.13. The first-order valence-corrected chi connectivity index (χ1v) is 7.08. The molecule has 1 heterocycles. The van der Waals surface area contributed by atoms with Crippen LogP contribution >= 0.6 is 0 Å². The summed E-state index contributed by atoms with van der Waals surface area (Å²) in [5, 5.41) is 3.38. The zero-order valence-corrected chi connectivity index (χ0v) is 12.7. The Morgan fingerprint density at radius 3 is 2.79 bits per heavy atom. The molecule has 4 nitrogen and oxygen atoms in total. The molecule has 1 aromatic rings. The molecule has 1 N–H and O–H groups in total. The first-order valence-electron chi connectivity index (χ1n) is 7.08. The van der Waals surface area contributed by atoms with Crippen molar-refractivity contribution in [3.63, 3.8) is 0 Å². The van der Waals surface area contributed by atoms with Crippen molar-refractivity contribution < 1.29 is 4.74 Å². The van der Waals surface area contributed by atoms with Crippen molar-refractivity contribution >= 4 is 0 Å². The van der Waals surface area contributed by atoms with Gasteiger partial charge in [0, 0.05) is 18.8 Å². The van der Waals surface area contributed by atoms with Crippen LogP contribution in [0.15, 0.2) is 12.1 Å². The first kappa shape index (κ1) is 15.9. The van der Waals surface area contributed by atoms with Crippen LogP contribution in [0.4, 0.5) is 0 Å². The van der Waals surface area contributed by atoms with E-state index in [0.29, 0.717) is 0 Å². The lowest BCUT2D eigenvalue weighted by molar-refractivity contribution is 0.277. The number of aryl methyl sites for hydroxylation is 1. The summed E-state index contributed by atoms with van der Waals surface area (Å²) < 4.78 is 5.84. The summed E-state index contributed by atoms with van der Waals surface area (Å²) in [5.74, 6) is 0.910. The number of hydrogen-bond donors (Lipinski definition) is 1. The summed E-state index contributed by atoms with van der Waals surface area (Å²) in [6, 6.07) is 4.03. The van der Waals surface area contributed by atoms with Crippen LogP contribution in [0, 0.1) is 6.92 Å². The minimum Gasteiger partial charge on any atom is -0.492 e. The van der Waals surface area contributed by atoms with Gasteiger partial charge in [0.15, 0.2) is 0 Å². The van der Waals surface area contributed by atoms with E-state index in [1.54, 1.807) is 0 Å². The lowest BCUT2D eigenvalue weighted by atomic mass is 10.2. The summed E-state index contributed by atoms with van der Waals surface area (Å²) in [7, 11) is 4.15. The Balaban J connectivity index is 2.50. The Morgan fingerprint density at radius 1 is 1.32 bits per heavy atom. The molecule has 0 aliphatic rings. The molecule has 0 bridgehead atoms.